The van der Waals surface area contributed by atoms with Gasteiger partial charge in [0.2, 0.25) is 0 Å². The predicted molar refractivity (Wildman–Crippen MR) is 79.3 cm³/mol. The maximum atomic E-state index is 6.12. The predicted octanol–water partition coefficient (Wildman–Crippen LogP) is 2.54. The van der Waals surface area contributed by atoms with Crippen LogP contribution in [0.2, 0.25) is 0 Å². The van der Waals surface area contributed by atoms with Crippen molar-refractivity contribution < 1.29 is 4.74 Å². The Morgan fingerprint density at radius 3 is 2.42 bits per heavy atom. The molecular formula is C15H29N3O. The Morgan fingerprint density at radius 2 is 2.00 bits per heavy atom. The van der Waals surface area contributed by atoms with Gasteiger partial charge in [0.15, 0.2) is 0 Å². The third-order valence-corrected chi connectivity index (χ3v) is 3.90. The Kier molecular flexibility index (Phi) is 6.52. The van der Waals surface area contributed by atoms with Crippen LogP contribution in [-0.4, -0.2) is 34.6 Å². The number of ether oxygens (including phenoxy) is 1. The van der Waals surface area contributed by atoms with Gasteiger partial charge >= 0.3 is 0 Å². The maximum absolute atomic E-state index is 6.12. The second-order valence-corrected chi connectivity index (χ2v) is 5.00. The summed E-state index contributed by atoms with van der Waals surface area (Å²) >= 11 is 0. The van der Waals surface area contributed by atoms with E-state index in [1.54, 1.807) is 0 Å². The van der Waals surface area contributed by atoms with Crippen LogP contribution in [0.1, 0.15) is 46.2 Å². The molecule has 1 unspecified atom stereocenters. The van der Waals surface area contributed by atoms with E-state index >= 15 is 0 Å². The molecule has 110 valence electrons. The fourth-order valence-electron chi connectivity index (χ4n) is 2.81. The van der Waals surface area contributed by atoms with Gasteiger partial charge in [-0.15, -0.1) is 0 Å². The molecule has 1 aromatic rings. The Bertz CT molecular complexity index is 358. The lowest BCUT2D eigenvalue weighted by molar-refractivity contribution is -0.0717. The molecule has 0 radical (unpaired) electrons. The van der Waals surface area contributed by atoms with E-state index in [0.717, 1.165) is 38.1 Å². The van der Waals surface area contributed by atoms with Gasteiger partial charge in [0.05, 0.1) is 11.3 Å². The summed E-state index contributed by atoms with van der Waals surface area (Å²) in [6, 6.07) is 2.40. The lowest BCUT2D eigenvalue weighted by Crippen LogP contribution is -2.53. The van der Waals surface area contributed by atoms with Gasteiger partial charge < -0.3 is 10.1 Å². The highest BCUT2D eigenvalue weighted by molar-refractivity contribution is 5.05. The lowest BCUT2D eigenvalue weighted by atomic mass is 9.85. The molecule has 0 saturated heterocycles. The average Bonchev–Trinajstić information content (AvgIpc) is 2.81. The topological polar surface area (TPSA) is 39.1 Å². The molecule has 1 rings (SSSR count). The second-order valence-electron chi connectivity index (χ2n) is 5.00. The number of aryl methyl sites for hydroxylation is 1. The zero-order valence-corrected chi connectivity index (χ0v) is 13.1. The molecule has 0 aliphatic carbocycles. The van der Waals surface area contributed by atoms with Crippen molar-refractivity contribution in [1.82, 2.24) is 15.1 Å². The number of aromatic nitrogens is 2. The van der Waals surface area contributed by atoms with Crippen LogP contribution in [0.4, 0.5) is 0 Å². The summed E-state index contributed by atoms with van der Waals surface area (Å²) in [5.41, 5.74) is 1.03. The van der Waals surface area contributed by atoms with Crippen LogP contribution < -0.4 is 5.32 Å². The van der Waals surface area contributed by atoms with Gasteiger partial charge in [0.25, 0.3) is 0 Å². The fourth-order valence-corrected chi connectivity index (χ4v) is 2.81. The minimum Gasteiger partial charge on any atom is -0.374 e. The van der Waals surface area contributed by atoms with Crippen LogP contribution in [0, 0.1) is 0 Å². The summed E-state index contributed by atoms with van der Waals surface area (Å²) in [4.78, 5) is 0. The average molecular weight is 267 g/mol. The number of hydrogen-bond donors (Lipinski definition) is 1. The van der Waals surface area contributed by atoms with Gasteiger partial charge in [-0.1, -0.05) is 20.8 Å². The summed E-state index contributed by atoms with van der Waals surface area (Å²) in [5.74, 6) is 0. The molecule has 0 spiro atoms. The highest BCUT2D eigenvalue weighted by Crippen LogP contribution is 2.27. The number of hydrogen-bond acceptors (Lipinski definition) is 3. The Labute approximate surface area is 117 Å². The van der Waals surface area contributed by atoms with E-state index in [9.17, 15) is 0 Å². The summed E-state index contributed by atoms with van der Waals surface area (Å²) in [6.45, 7) is 10.3. The number of likely N-dealkylation sites (N-methyl/N-ethyl adjacent to an activating group) is 1. The van der Waals surface area contributed by atoms with Gasteiger partial charge in [-0.2, -0.15) is 5.10 Å². The Morgan fingerprint density at radius 1 is 1.32 bits per heavy atom. The highest BCUT2D eigenvalue weighted by Gasteiger charge is 2.36. The van der Waals surface area contributed by atoms with Crippen molar-refractivity contribution >= 4 is 0 Å². The largest absolute Gasteiger partial charge is 0.374 e. The monoisotopic (exact) mass is 267 g/mol. The molecule has 4 nitrogen and oxygen atoms in total. The van der Waals surface area contributed by atoms with Gasteiger partial charge in [-0.25, -0.2) is 0 Å². The van der Waals surface area contributed by atoms with Crippen LogP contribution in [0.3, 0.4) is 0 Å². The Hall–Kier alpha value is -0.870. The third-order valence-electron chi connectivity index (χ3n) is 3.90. The van der Waals surface area contributed by atoms with E-state index in [-0.39, 0.29) is 5.60 Å². The van der Waals surface area contributed by atoms with Crippen molar-refractivity contribution in [3.8, 4) is 0 Å². The van der Waals surface area contributed by atoms with E-state index in [4.69, 9.17) is 4.74 Å². The number of nitrogens with zero attached hydrogens (tertiary/aromatic N) is 2. The molecule has 0 saturated carbocycles. The third kappa shape index (κ3) is 4.05. The van der Waals surface area contributed by atoms with Gasteiger partial charge in [0, 0.05) is 32.3 Å². The molecule has 0 aliphatic rings. The van der Waals surface area contributed by atoms with Gasteiger partial charge in [-0.3, -0.25) is 4.68 Å². The quantitative estimate of drug-likeness (QED) is 0.747. The zero-order valence-electron chi connectivity index (χ0n) is 13.1. The molecule has 19 heavy (non-hydrogen) atoms. The van der Waals surface area contributed by atoms with E-state index in [0.29, 0.717) is 6.04 Å². The molecule has 0 aliphatic heterocycles. The van der Waals surface area contributed by atoms with Gasteiger partial charge in [-0.05, 0) is 32.4 Å². The Balaban J connectivity index is 2.89. The fraction of sp³-hybridized carbons (Fsp3) is 0.800. The SMILES string of the molecule is CCNC(Cc1ccn(C)n1)C(CC)(CC)OCC. The van der Waals surface area contributed by atoms with E-state index in [1.807, 2.05) is 17.9 Å². The summed E-state index contributed by atoms with van der Waals surface area (Å²) < 4.78 is 7.98. The van der Waals surface area contributed by atoms with E-state index < -0.39 is 0 Å². The van der Waals surface area contributed by atoms with Gasteiger partial charge in [0.1, 0.15) is 0 Å². The zero-order chi connectivity index (χ0) is 14.3. The minimum atomic E-state index is -0.0950. The first-order valence-electron chi connectivity index (χ1n) is 7.47. The first kappa shape index (κ1) is 16.2. The number of nitrogens with one attached hydrogen (secondary N) is 1. The molecule has 1 atom stereocenters. The van der Waals surface area contributed by atoms with Crippen LogP contribution in [-0.2, 0) is 18.2 Å². The van der Waals surface area contributed by atoms with Crippen molar-refractivity contribution in [1.29, 1.82) is 0 Å². The number of rotatable bonds is 9. The smallest absolute Gasteiger partial charge is 0.0833 e. The van der Waals surface area contributed by atoms with Crippen LogP contribution in [0.25, 0.3) is 0 Å². The second kappa shape index (κ2) is 7.65. The summed E-state index contributed by atoms with van der Waals surface area (Å²) in [7, 11) is 1.96. The molecule has 0 fully saturated rings. The molecular weight excluding hydrogens is 238 g/mol. The van der Waals surface area contributed by atoms with Crippen LogP contribution >= 0.6 is 0 Å². The van der Waals surface area contributed by atoms with Crippen LogP contribution in [0.15, 0.2) is 12.3 Å². The maximum Gasteiger partial charge on any atom is 0.0833 e. The van der Waals surface area contributed by atoms with E-state index in [2.05, 4.69) is 44.2 Å². The highest BCUT2D eigenvalue weighted by atomic mass is 16.5. The van der Waals surface area contributed by atoms with Crippen molar-refractivity contribution in [3.05, 3.63) is 18.0 Å². The minimum absolute atomic E-state index is 0.0950. The van der Waals surface area contributed by atoms with Crippen molar-refractivity contribution in [2.45, 2.75) is 58.6 Å². The lowest BCUT2D eigenvalue weighted by Gasteiger charge is -2.39. The summed E-state index contributed by atoms with van der Waals surface area (Å²) in [5, 5.41) is 8.09. The molecule has 0 bridgehead atoms. The molecule has 1 heterocycles. The molecule has 1 N–H and O–H groups in total. The van der Waals surface area contributed by atoms with Crippen molar-refractivity contribution in [2.75, 3.05) is 13.2 Å². The standard InChI is InChI=1S/C15H29N3O/c1-6-15(7-2,19-9-4)14(16-8-3)12-13-10-11-18(5)17-13/h10-11,14,16H,6-9,12H2,1-5H3. The van der Waals surface area contributed by atoms with Crippen molar-refractivity contribution in [2.24, 2.45) is 7.05 Å². The molecule has 4 heteroatoms. The molecule has 0 amide bonds. The first-order valence-corrected chi connectivity index (χ1v) is 7.47. The normalized spacial score (nSPS) is 13.7. The van der Waals surface area contributed by atoms with Crippen molar-refractivity contribution in [3.63, 3.8) is 0 Å². The molecule has 1 aromatic heterocycles. The first-order chi connectivity index (χ1) is 9.11. The molecule has 0 aromatic carbocycles. The summed E-state index contributed by atoms with van der Waals surface area (Å²) in [6.07, 6.45) is 4.94. The van der Waals surface area contributed by atoms with E-state index in [1.165, 1.54) is 0 Å². The van der Waals surface area contributed by atoms with Crippen LogP contribution in [0.5, 0.6) is 0 Å².